The summed E-state index contributed by atoms with van der Waals surface area (Å²) in [6.07, 6.45) is 5.39. The van der Waals surface area contributed by atoms with Crippen molar-refractivity contribution in [3.05, 3.63) is 72.4 Å². The zero-order valence-corrected chi connectivity index (χ0v) is 16.9. The van der Waals surface area contributed by atoms with Gasteiger partial charge in [-0.25, -0.2) is 4.98 Å². The van der Waals surface area contributed by atoms with Crippen LogP contribution in [0.15, 0.2) is 66.9 Å². The van der Waals surface area contributed by atoms with Crippen molar-refractivity contribution in [2.45, 2.75) is 26.2 Å². The molecule has 1 aliphatic rings. The van der Waals surface area contributed by atoms with Crippen molar-refractivity contribution in [3.8, 4) is 5.75 Å². The second-order valence-electron chi connectivity index (χ2n) is 7.44. The minimum Gasteiger partial charge on any atom is -0.494 e. The fourth-order valence-corrected chi connectivity index (χ4v) is 3.83. The minimum absolute atomic E-state index is 0.623. The highest BCUT2D eigenvalue weighted by Gasteiger charge is 2.20. The Morgan fingerprint density at radius 2 is 1.76 bits per heavy atom. The lowest BCUT2D eigenvalue weighted by atomic mass is 9.90. The Hall–Kier alpha value is -3.08. The Labute approximate surface area is 172 Å². The lowest BCUT2D eigenvalue weighted by Crippen LogP contribution is -2.35. The Kier molecular flexibility index (Phi) is 6.25. The molecule has 150 valence electrons. The van der Waals surface area contributed by atoms with E-state index in [2.05, 4.69) is 45.5 Å². The molecule has 2 heterocycles. The van der Waals surface area contributed by atoms with Crippen molar-refractivity contribution in [3.63, 3.8) is 0 Å². The smallest absolute Gasteiger partial charge is 0.229 e. The SMILES string of the molecule is CCOc1ccc(Nc2nccc(N3CCC(Cc4ccccc4)CC3)n2)cc1. The molecule has 0 atom stereocenters. The van der Waals surface area contributed by atoms with Gasteiger partial charge in [0.25, 0.3) is 0 Å². The van der Waals surface area contributed by atoms with Gasteiger partial charge in [-0.05, 0) is 68.0 Å². The van der Waals surface area contributed by atoms with Gasteiger partial charge >= 0.3 is 0 Å². The summed E-state index contributed by atoms with van der Waals surface area (Å²) < 4.78 is 5.49. The Morgan fingerprint density at radius 3 is 2.48 bits per heavy atom. The maximum absolute atomic E-state index is 5.49. The van der Waals surface area contributed by atoms with E-state index >= 15 is 0 Å². The number of benzene rings is 2. The molecule has 5 nitrogen and oxygen atoms in total. The highest BCUT2D eigenvalue weighted by molar-refractivity contribution is 5.56. The van der Waals surface area contributed by atoms with E-state index in [-0.39, 0.29) is 0 Å². The lowest BCUT2D eigenvalue weighted by Gasteiger charge is -2.33. The van der Waals surface area contributed by atoms with Crippen molar-refractivity contribution in [2.75, 3.05) is 29.9 Å². The van der Waals surface area contributed by atoms with E-state index in [1.807, 2.05) is 43.5 Å². The van der Waals surface area contributed by atoms with Crippen molar-refractivity contribution in [1.82, 2.24) is 9.97 Å². The van der Waals surface area contributed by atoms with Gasteiger partial charge in [-0.2, -0.15) is 4.98 Å². The maximum Gasteiger partial charge on any atom is 0.229 e. The van der Waals surface area contributed by atoms with Crippen LogP contribution in [0.1, 0.15) is 25.3 Å². The molecule has 1 saturated heterocycles. The molecule has 3 aromatic rings. The Morgan fingerprint density at radius 1 is 1.00 bits per heavy atom. The molecule has 29 heavy (non-hydrogen) atoms. The van der Waals surface area contributed by atoms with Gasteiger partial charge in [0.2, 0.25) is 5.95 Å². The van der Waals surface area contributed by atoms with E-state index in [4.69, 9.17) is 9.72 Å². The molecular formula is C24H28N4O. The van der Waals surface area contributed by atoms with Crippen LogP contribution >= 0.6 is 0 Å². The van der Waals surface area contributed by atoms with E-state index in [9.17, 15) is 0 Å². The fourth-order valence-electron chi connectivity index (χ4n) is 3.83. The highest BCUT2D eigenvalue weighted by Crippen LogP contribution is 2.26. The molecule has 0 aliphatic carbocycles. The van der Waals surface area contributed by atoms with Gasteiger partial charge in [-0.15, -0.1) is 0 Å². The zero-order chi connectivity index (χ0) is 19.9. The first-order valence-electron chi connectivity index (χ1n) is 10.4. The van der Waals surface area contributed by atoms with Crippen LogP contribution in [0.25, 0.3) is 0 Å². The fraction of sp³-hybridized carbons (Fsp3) is 0.333. The van der Waals surface area contributed by atoms with Gasteiger partial charge in [0.15, 0.2) is 0 Å². The molecule has 0 spiro atoms. The van der Waals surface area contributed by atoms with Crippen molar-refractivity contribution in [1.29, 1.82) is 0 Å². The van der Waals surface area contributed by atoms with E-state index in [0.717, 1.165) is 36.3 Å². The molecule has 5 heteroatoms. The quantitative estimate of drug-likeness (QED) is 0.612. The highest BCUT2D eigenvalue weighted by atomic mass is 16.5. The van der Waals surface area contributed by atoms with Crippen molar-refractivity contribution >= 4 is 17.5 Å². The number of ether oxygens (including phenoxy) is 1. The molecule has 1 aliphatic heterocycles. The van der Waals surface area contributed by atoms with Crippen LogP contribution in [0, 0.1) is 5.92 Å². The first kappa shape index (κ1) is 19.2. The first-order valence-corrected chi connectivity index (χ1v) is 10.4. The van der Waals surface area contributed by atoms with Gasteiger partial charge in [-0.3, -0.25) is 0 Å². The first-order chi connectivity index (χ1) is 14.3. The molecular weight excluding hydrogens is 360 g/mol. The predicted octanol–water partition coefficient (Wildman–Crippen LogP) is 5.08. The summed E-state index contributed by atoms with van der Waals surface area (Å²) in [5.41, 5.74) is 2.39. The van der Waals surface area contributed by atoms with Crippen LogP contribution in [0.2, 0.25) is 0 Å². The number of aromatic nitrogens is 2. The number of hydrogen-bond acceptors (Lipinski definition) is 5. The zero-order valence-electron chi connectivity index (χ0n) is 16.9. The molecule has 0 amide bonds. The summed E-state index contributed by atoms with van der Waals surface area (Å²) in [4.78, 5) is 11.5. The third-order valence-electron chi connectivity index (χ3n) is 5.37. The summed E-state index contributed by atoms with van der Waals surface area (Å²) in [5, 5.41) is 3.29. The van der Waals surface area contributed by atoms with E-state index in [1.165, 1.54) is 24.8 Å². The number of nitrogens with zero attached hydrogens (tertiary/aromatic N) is 3. The summed E-state index contributed by atoms with van der Waals surface area (Å²) in [7, 11) is 0. The number of hydrogen-bond donors (Lipinski definition) is 1. The molecule has 0 saturated carbocycles. The van der Waals surface area contributed by atoms with Gasteiger partial charge in [0.05, 0.1) is 6.61 Å². The third kappa shape index (κ3) is 5.25. The Balaban J connectivity index is 1.34. The lowest BCUT2D eigenvalue weighted by molar-refractivity contribution is 0.340. The van der Waals surface area contributed by atoms with Crippen LogP contribution < -0.4 is 15.0 Å². The Bertz CT molecular complexity index is 890. The number of nitrogens with one attached hydrogen (secondary N) is 1. The van der Waals surface area contributed by atoms with Gasteiger partial charge in [0.1, 0.15) is 11.6 Å². The summed E-state index contributed by atoms with van der Waals surface area (Å²) >= 11 is 0. The third-order valence-corrected chi connectivity index (χ3v) is 5.37. The minimum atomic E-state index is 0.623. The number of anilines is 3. The maximum atomic E-state index is 5.49. The van der Waals surface area contributed by atoms with Crippen LogP contribution in [0.3, 0.4) is 0 Å². The molecule has 2 aromatic carbocycles. The molecule has 1 fully saturated rings. The van der Waals surface area contributed by atoms with E-state index in [1.54, 1.807) is 0 Å². The van der Waals surface area contributed by atoms with Crippen molar-refractivity contribution < 1.29 is 4.74 Å². The largest absolute Gasteiger partial charge is 0.494 e. The molecule has 1 N–H and O–H groups in total. The van der Waals surface area contributed by atoms with E-state index in [0.29, 0.717) is 12.6 Å². The average Bonchev–Trinajstić information content (AvgIpc) is 2.77. The number of piperidine rings is 1. The van der Waals surface area contributed by atoms with Crippen LogP contribution in [-0.2, 0) is 6.42 Å². The average molecular weight is 389 g/mol. The summed E-state index contributed by atoms with van der Waals surface area (Å²) in [6.45, 7) is 4.73. The van der Waals surface area contributed by atoms with Crippen molar-refractivity contribution in [2.24, 2.45) is 5.92 Å². The second kappa shape index (κ2) is 9.41. The standard InChI is InChI=1S/C24H28N4O/c1-2-29-22-10-8-21(9-11-22)26-24-25-15-12-23(27-24)28-16-13-20(14-17-28)18-19-6-4-3-5-7-19/h3-12,15,20H,2,13-14,16-18H2,1H3,(H,25,26,27). The predicted molar refractivity (Wildman–Crippen MR) is 118 cm³/mol. The monoisotopic (exact) mass is 388 g/mol. The number of rotatable bonds is 7. The topological polar surface area (TPSA) is 50.3 Å². The molecule has 0 bridgehead atoms. The van der Waals surface area contributed by atoms with Crippen LogP contribution in [0.5, 0.6) is 5.75 Å². The van der Waals surface area contributed by atoms with Gasteiger partial charge in [0, 0.05) is 25.0 Å². The summed E-state index contributed by atoms with van der Waals surface area (Å²) in [5.74, 6) is 3.23. The van der Waals surface area contributed by atoms with E-state index < -0.39 is 0 Å². The molecule has 1 aromatic heterocycles. The van der Waals surface area contributed by atoms with Crippen LogP contribution in [-0.4, -0.2) is 29.7 Å². The normalized spacial score (nSPS) is 14.6. The van der Waals surface area contributed by atoms with Crippen LogP contribution in [0.4, 0.5) is 17.5 Å². The molecule has 0 radical (unpaired) electrons. The molecule has 0 unspecified atom stereocenters. The van der Waals surface area contributed by atoms with Gasteiger partial charge in [-0.1, -0.05) is 30.3 Å². The summed E-state index contributed by atoms with van der Waals surface area (Å²) in [6, 6.07) is 20.7. The second-order valence-corrected chi connectivity index (χ2v) is 7.44. The van der Waals surface area contributed by atoms with Gasteiger partial charge < -0.3 is 15.0 Å². The molecule has 4 rings (SSSR count).